The Hall–Kier alpha value is -4.13. The molecule has 0 saturated carbocycles. The summed E-state index contributed by atoms with van der Waals surface area (Å²) in [6.45, 7) is 0. The molecule has 0 spiro atoms. The molecule has 7 heteroatoms. The van der Waals surface area contributed by atoms with Crippen molar-refractivity contribution >= 4 is 11.6 Å². The largest absolute Gasteiger partial charge is 0.496 e. The van der Waals surface area contributed by atoms with Gasteiger partial charge in [0.1, 0.15) is 23.9 Å². The highest BCUT2D eigenvalue weighted by Gasteiger charge is 2.41. The fourth-order valence-electron chi connectivity index (χ4n) is 4.42. The zero-order chi connectivity index (χ0) is 20.8. The zero-order valence-corrected chi connectivity index (χ0v) is 16.8. The Morgan fingerprint density at radius 1 is 1.03 bits per heavy atom. The van der Waals surface area contributed by atoms with Gasteiger partial charge in [0.2, 0.25) is 5.95 Å². The average molecular weight is 409 g/mol. The predicted octanol–water partition coefficient (Wildman–Crippen LogP) is 4.24. The maximum Gasteiger partial charge on any atom is 0.226 e. The first-order valence-corrected chi connectivity index (χ1v) is 10.0. The summed E-state index contributed by atoms with van der Waals surface area (Å²) in [4.78, 5) is 8.81. The molecule has 0 fully saturated rings. The van der Waals surface area contributed by atoms with Crippen LogP contribution in [0.25, 0.3) is 5.70 Å². The third kappa shape index (κ3) is 2.70. The van der Waals surface area contributed by atoms with Gasteiger partial charge in [0.25, 0.3) is 0 Å². The van der Waals surface area contributed by atoms with Crippen LogP contribution < -0.4 is 14.8 Å². The highest BCUT2D eigenvalue weighted by atomic mass is 16.5. The lowest BCUT2D eigenvalue weighted by molar-refractivity contribution is 0.217. The Morgan fingerprint density at radius 3 is 2.77 bits per heavy atom. The molecule has 7 nitrogen and oxygen atoms in total. The molecule has 6 rings (SSSR count). The first kappa shape index (κ1) is 17.7. The van der Waals surface area contributed by atoms with Crippen LogP contribution in [0.3, 0.4) is 0 Å². The van der Waals surface area contributed by atoms with Crippen LogP contribution in [-0.2, 0) is 0 Å². The van der Waals surface area contributed by atoms with Crippen LogP contribution in [0.1, 0.15) is 28.8 Å². The second-order valence-corrected chi connectivity index (χ2v) is 7.41. The molecular formula is C24H19N5O2. The van der Waals surface area contributed by atoms with Crippen LogP contribution in [0.15, 0.2) is 85.0 Å². The van der Waals surface area contributed by atoms with Crippen LogP contribution in [0.2, 0.25) is 0 Å². The first-order valence-electron chi connectivity index (χ1n) is 10.0. The fraction of sp³-hybridized carbons (Fsp3) is 0.125. The van der Waals surface area contributed by atoms with Crippen molar-refractivity contribution in [2.24, 2.45) is 0 Å². The van der Waals surface area contributed by atoms with Crippen LogP contribution in [0.5, 0.6) is 11.5 Å². The van der Waals surface area contributed by atoms with E-state index in [1.54, 1.807) is 19.6 Å². The average Bonchev–Trinajstić information content (AvgIpc) is 3.31. The summed E-state index contributed by atoms with van der Waals surface area (Å²) < 4.78 is 14.2. The van der Waals surface area contributed by atoms with Gasteiger partial charge >= 0.3 is 0 Å². The smallest absolute Gasteiger partial charge is 0.226 e. The summed E-state index contributed by atoms with van der Waals surface area (Å²) >= 11 is 0. The molecular weight excluding hydrogens is 390 g/mol. The summed E-state index contributed by atoms with van der Waals surface area (Å²) in [6, 6.07) is 19.7. The van der Waals surface area contributed by atoms with E-state index >= 15 is 0 Å². The van der Waals surface area contributed by atoms with Crippen molar-refractivity contribution < 1.29 is 9.47 Å². The van der Waals surface area contributed by atoms with Crippen molar-refractivity contribution in [2.75, 3.05) is 12.4 Å². The van der Waals surface area contributed by atoms with E-state index in [4.69, 9.17) is 9.47 Å². The molecule has 4 heterocycles. The highest BCUT2D eigenvalue weighted by Crippen LogP contribution is 2.51. The predicted molar refractivity (Wildman–Crippen MR) is 116 cm³/mol. The van der Waals surface area contributed by atoms with E-state index in [2.05, 4.69) is 32.5 Å². The quantitative estimate of drug-likeness (QED) is 0.546. The topological polar surface area (TPSA) is 74.1 Å². The van der Waals surface area contributed by atoms with Gasteiger partial charge in [-0.1, -0.05) is 36.4 Å². The maximum absolute atomic E-state index is 6.61. The van der Waals surface area contributed by atoms with E-state index < -0.39 is 0 Å². The zero-order valence-electron chi connectivity index (χ0n) is 16.8. The number of fused-ring (bicyclic) bond motifs is 3. The van der Waals surface area contributed by atoms with Crippen molar-refractivity contribution in [3.63, 3.8) is 0 Å². The number of nitrogens with one attached hydrogen (secondary N) is 1. The molecule has 0 aliphatic carbocycles. The second-order valence-electron chi connectivity index (χ2n) is 7.41. The van der Waals surface area contributed by atoms with Crippen molar-refractivity contribution in [3.05, 3.63) is 102 Å². The molecule has 31 heavy (non-hydrogen) atoms. The summed E-state index contributed by atoms with van der Waals surface area (Å²) in [5.74, 6) is 2.26. The molecule has 2 aromatic heterocycles. The molecule has 2 aromatic carbocycles. The van der Waals surface area contributed by atoms with Gasteiger partial charge in [0, 0.05) is 29.1 Å². The van der Waals surface area contributed by atoms with Gasteiger partial charge in [-0.25, -0.2) is 4.68 Å². The summed E-state index contributed by atoms with van der Waals surface area (Å²) in [5, 5.41) is 8.03. The molecule has 2 aliphatic heterocycles. The molecule has 0 radical (unpaired) electrons. The van der Waals surface area contributed by atoms with Crippen LogP contribution in [0.4, 0.5) is 5.95 Å². The van der Waals surface area contributed by atoms with Gasteiger partial charge in [0.05, 0.1) is 12.8 Å². The lowest BCUT2D eigenvalue weighted by Crippen LogP contribution is -2.32. The minimum Gasteiger partial charge on any atom is -0.496 e. The monoisotopic (exact) mass is 409 g/mol. The van der Waals surface area contributed by atoms with Crippen molar-refractivity contribution in [1.29, 1.82) is 0 Å². The second kappa shape index (κ2) is 6.98. The number of methoxy groups -OCH3 is 1. The van der Waals surface area contributed by atoms with Gasteiger partial charge in [0.15, 0.2) is 6.10 Å². The fourth-order valence-corrected chi connectivity index (χ4v) is 4.42. The molecule has 0 unspecified atom stereocenters. The number of benzene rings is 2. The molecule has 1 N–H and O–H groups in total. The van der Waals surface area contributed by atoms with Crippen LogP contribution in [0, 0.1) is 0 Å². The van der Waals surface area contributed by atoms with Gasteiger partial charge in [-0.05, 0) is 29.8 Å². The normalized spacial score (nSPS) is 18.9. The molecule has 0 amide bonds. The Labute approximate surface area is 179 Å². The minimum atomic E-state index is -0.379. The molecule has 2 aliphatic rings. The number of aromatic nitrogens is 4. The summed E-state index contributed by atoms with van der Waals surface area (Å²) in [7, 11) is 1.68. The SMILES string of the molecule is COc1ccccc1[C@@H]1Oc2ccccc2C2=C1[C@@H](c1cccnc1)n1ncnc1N2. The Bertz CT molecular complexity index is 1300. The highest BCUT2D eigenvalue weighted by molar-refractivity contribution is 5.85. The summed E-state index contributed by atoms with van der Waals surface area (Å²) in [5.41, 5.74) is 4.96. The number of hydrogen-bond donors (Lipinski definition) is 1. The number of ether oxygens (including phenoxy) is 2. The Balaban J connectivity index is 1.65. The van der Waals surface area contributed by atoms with Gasteiger partial charge in [-0.15, -0.1) is 0 Å². The van der Waals surface area contributed by atoms with E-state index in [0.717, 1.165) is 39.5 Å². The number of anilines is 1. The van der Waals surface area contributed by atoms with Crippen LogP contribution >= 0.6 is 0 Å². The molecule has 2 atom stereocenters. The third-order valence-electron chi connectivity index (χ3n) is 5.74. The number of rotatable bonds is 3. The van der Waals surface area contributed by atoms with Gasteiger partial charge in [-0.3, -0.25) is 4.98 Å². The van der Waals surface area contributed by atoms with Crippen molar-refractivity contribution in [2.45, 2.75) is 12.1 Å². The third-order valence-corrected chi connectivity index (χ3v) is 5.74. The van der Waals surface area contributed by atoms with E-state index in [9.17, 15) is 0 Å². The molecule has 0 bridgehead atoms. The molecule has 0 saturated heterocycles. The van der Waals surface area contributed by atoms with Crippen LogP contribution in [-0.4, -0.2) is 26.9 Å². The standard InChI is InChI=1S/C24H19N5O2/c1-30-18-10-4-3-9-17(18)23-20-21(16-8-2-5-11-19(16)31-23)28-24-26-14-27-29(24)22(20)15-7-6-12-25-13-15/h2-14,22-23H,1H3,(H,26,27,28)/t22-,23+/m1/s1. The van der Waals surface area contributed by atoms with E-state index in [1.165, 1.54) is 0 Å². The molecule has 4 aromatic rings. The van der Waals surface area contributed by atoms with E-state index in [1.807, 2.05) is 59.4 Å². The molecule has 152 valence electrons. The Kier molecular flexibility index (Phi) is 3.99. The van der Waals surface area contributed by atoms with Gasteiger partial charge in [-0.2, -0.15) is 10.1 Å². The number of para-hydroxylation sites is 2. The number of nitrogens with zero attached hydrogens (tertiary/aromatic N) is 4. The number of pyridine rings is 1. The summed E-state index contributed by atoms with van der Waals surface area (Å²) in [6.07, 6.45) is 4.82. The van der Waals surface area contributed by atoms with E-state index in [0.29, 0.717) is 5.95 Å². The van der Waals surface area contributed by atoms with Gasteiger partial charge < -0.3 is 14.8 Å². The lowest BCUT2D eigenvalue weighted by atomic mass is 9.85. The van der Waals surface area contributed by atoms with Crippen molar-refractivity contribution in [1.82, 2.24) is 19.7 Å². The first-order chi connectivity index (χ1) is 15.3. The number of hydrogen-bond acceptors (Lipinski definition) is 6. The lowest BCUT2D eigenvalue weighted by Gasteiger charge is -2.39. The van der Waals surface area contributed by atoms with Crippen molar-refractivity contribution in [3.8, 4) is 11.5 Å². The Morgan fingerprint density at radius 2 is 1.90 bits per heavy atom. The minimum absolute atomic E-state index is 0.231. The van der Waals surface area contributed by atoms with E-state index in [-0.39, 0.29) is 12.1 Å². The maximum atomic E-state index is 6.61.